The molecule has 0 aliphatic heterocycles. The highest BCUT2D eigenvalue weighted by Crippen LogP contribution is 2.31. The molecule has 0 radical (unpaired) electrons. The van der Waals surface area contributed by atoms with Crippen molar-refractivity contribution in [1.29, 1.82) is 0 Å². The number of carbonyl (C=O) groups excluding carboxylic acids is 1. The fourth-order valence-corrected chi connectivity index (χ4v) is 2.64. The van der Waals surface area contributed by atoms with Crippen LogP contribution in [0.15, 0.2) is 30.3 Å². The van der Waals surface area contributed by atoms with Crippen LogP contribution < -0.4 is 0 Å². The normalized spacial score (nSPS) is 13.3. The molecule has 23 heavy (non-hydrogen) atoms. The minimum absolute atomic E-state index is 0.0266. The van der Waals surface area contributed by atoms with E-state index in [-0.39, 0.29) is 12.1 Å². The van der Waals surface area contributed by atoms with Crippen LogP contribution >= 0.6 is 0 Å². The summed E-state index contributed by atoms with van der Waals surface area (Å²) in [6.45, 7) is 15.2. The molecule has 1 atom stereocenters. The van der Waals surface area contributed by atoms with Gasteiger partial charge in [0.05, 0.1) is 6.04 Å². The first-order chi connectivity index (χ1) is 10.7. The molecule has 130 valence electrons. The molecule has 0 N–H and O–H groups in total. The maximum absolute atomic E-state index is 12.9. The van der Waals surface area contributed by atoms with Crippen LogP contribution in [-0.2, 0) is 4.74 Å². The highest BCUT2D eigenvalue weighted by Gasteiger charge is 2.32. The Bertz CT molecular complexity index is 480. The van der Waals surface area contributed by atoms with E-state index < -0.39 is 5.60 Å². The van der Waals surface area contributed by atoms with Gasteiger partial charge < -0.3 is 9.64 Å². The molecule has 0 saturated carbocycles. The number of hydrogen-bond donors (Lipinski definition) is 0. The zero-order valence-corrected chi connectivity index (χ0v) is 15.8. The van der Waals surface area contributed by atoms with Crippen LogP contribution in [-0.4, -0.2) is 23.1 Å². The molecule has 0 bridgehead atoms. The summed E-state index contributed by atoms with van der Waals surface area (Å²) < 4.78 is 5.79. The maximum Gasteiger partial charge on any atom is 0.410 e. The molecule has 0 spiro atoms. The number of ether oxygens (including phenoxy) is 1. The van der Waals surface area contributed by atoms with E-state index >= 15 is 0 Å². The SMILES string of the molecule is CCC(C)(C)OC(=O)N(CC(C)C)C(c1ccccc1)C(C)C. The van der Waals surface area contributed by atoms with Crippen molar-refractivity contribution in [1.82, 2.24) is 4.90 Å². The Morgan fingerprint density at radius 2 is 1.70 bits per heavy atom. The zero-order valence-electron chi connectivity index (χ0n) is 15.8. The van der Waals surface area contributed by atoms with Crippen molar-refractivity contribution in [2.45, 2.75) is 66.5 Å². The Morgan fingerprint density at radius 1 is 1.13 bits per heavy atom. The van der Waals surface area contributed by atoms with Crippen LogP contribution in [0.1, 0.15) is 66.5 Å². The molecule has 1 amide bonds. The summed E-state index contributed by atoms with van der Waals surface area (Å²) in [5.74, 6) is 0.700. The molecule has 0 saturated heterocycles. The van der Waals surface area contributed by atoms with Gasteiger partial charge in [0, 0.05) is 6.54 Å². The van der Waals surface area contributed by atoms with Crippen LogP contribution in [0, 0.1) is 11.8 Å². The third kappa shape index (κ3) is 5.89. The number of benzene rings is 1. The van der Waals surface area contributed by atoms with E-state index in [0.717, 1.165) is 12.0 Å². The van der Waals surface area contributed by atoms with Crippen LogP contribution in [0.5, 0.6) is 0 Å². The molecular formula is C20H33NO2. The number of hydrogen-bond acceptors (Lipinski definition) is 2. The van der Waals surface area contributed by atoms with Crippen molar-refractivity contribution in [3.8, 4) is 0 Å². The van der Waals surface area contributed by atoms with Crippen molar-refractivity contribution in [3.05, 3.63) is 35.9 Å². The van der Waals surface area contributed by atoms with E-state index in [4.69, 9.17) is 4.74 Å². The van der Waals surface area contributed by atoms with Crippen molar-refractivity contribution < 1.29 is 9.53 Å². The summed E-state index contributed by atoms with van der Waals surface area (Å²) >= 11 is 0. The van der Waals surface area contributed by atoms with Crippen molar-refractivity contribution in [3.63, 3.8) is 0 Å². The van der Waals surface area contributed by atoms with E-state index in [2.05, 4.69) is 39.8 Å². The Balaban J connectivity index is 3.13. The summed E-state index contributed by atoms with van der Waals surface area (Å²) in [7, 11) is 0. The van der Waals surface area contributed by atoms with E-state index in [1.54, 1.807) is 0 Å². The lowest BCUT2D eigenvalue weighted by Crippen LogP contribution is -2.43. The van der Waals surface area contributed by atoms with Crippen LogP contribution in [0.2, 0.25) is 0 Å². The monoisotopic (exact) mass is 319 g/mol. The predicted octanol–water partition coefficient (Wildman–Crippen LogP) is 5.67. The molecular weight excluding hydrogens is 286 g/mol. The molecule has 0 aliphatic carbocycles. The second-order valence-electron chi connectivity index (χ2n) is 7.63. The van der Waals surface area contributed by atoms with Gasteiger partial charge in [-0.1, -0.05) is 65.0 Å². The molecule has 0 aliphatic rings. The lowest BCUT2D eigenvalue weighted by Gasteiger charge is -2.37. The second kappa shape index (κ2) is 8.37. The average Bonchev–Trinajstić information content (AvgIpc) is 2.46. The van der Waals surface area contributed by atoms with Gasteiger partial charge in [0.1, 0.15) is 5.60 Å². The standard InChI is InChI=1S/C20H33NO2/c1-8-20(6,7)23-19(22)21(14-15(2)3)18(16(4)5)17-12-10-9-11-13-17/h9-13,15-16,18H,8,14H2,1-7H3. The van der Waals surface area contributed by atoms with Gasteiger partial charge in [0.15, 0.2) is 0 Å². The van der Waals surface area contributed by atoms with Crippen molar-refractivity contribution in [2.24, 2.45) is 11.8 Å². The summed E-state index contributed by atoms with van der Waals surface area (Å²) in [4.78, 5) is 14.8. The highest BCUT2D eigenvalue weighted by molar-refractivity contribution is 5.69. The Morgan fingerprint density at radius 3 is 2.13 bits per heavy atom. The van der Waals surface area contributed by atoms with Gasteiger partial charge in [-0.2, -0.15) is 0 Å². The first kappa shape index (κ1) is 19.5. The molecule has 1 aromatic carbocycles. The molecule has 0 heterocycles. The summed E-state index contributed by atoms with van der Waals surface area (Å²) in [5, 5.41) is 0. The summed E-state index contributed by atoms with van der Waals surface area (Å²) in [6.07, 6.45) is 0.583. The van der Waals surface area contributed by atoms with Gasteiger partial charge in [-0.05, 0) is 37.7 Å². The van der Waals surface area contributed by atoms with Crippen LogP contribution in [0.4, 0.5) is 4.79 Å². The van der Waals surface area contributed by atoms with Gasteiger partial charge in [-0.25, -0.2) is 4.79 Å². The Hall–Kier alpha value is -1.51. The topological polar surface area (TPSA) is 29.5 Å². The minimum atomic E-state index is -0.440. The molecule has 1 aromatic rings. The predicted molar refractivity (Wildman–Crippen MR) is 96.4 cm³/mol. The van der Waals surface area contributed by atoms with Gasteiger partial charge in [0.25, 0.3) is 0 Å². The first-order valence-corrected chi connectivity index (χ1v) is 8.72. The van der Waals surface area contributed by atoms with Gasteiger partial charge in [-0.3, -0.25) is 0 Å². The molecule has 1 rings (SSSR count). The smallest absolute Gasteiger partial charge is 0.410 e. The minimum Gasteiger partial charge on any atom is -0.443 e. The molecule has 3 nitrogen and oxygen atoms in total. The van der Waals surface area contributed by atoms with Gasteiger partial charge in [-0.15, -0.1) is 0 Å². The quantitative estimate of drug-likeness (QED) is 0.648. The highest BCUT2D eigenvalue weighted by atomic mass is 16.6. The number of carbonyl (C=O) groups is 1. The summed E-state index contributed by atoms with van der Waals surface area (Å²) in [5.41, 5.74) is 0.722. The lowest BCUT2D eigenvalue weighted by molar-refractivity contribution is -0.00374. The Labute approximate surface area is 142 Å². The van der Waals surface area contributed by atoms with E-state index in [1.807, 2.05) is 43.9 Å². The van der Waals surface area contributed by atoms with Gasteiger partial charge >= 0.3 is 6.09 Å². The van der Waals surface area contributed by atoms with Crippen LogP contribution in [0.25, 0.3) is 0 Å². The molecule has 0 fully saturated rings. The number of nitrogens with zero attached hydrogens (tertiary/aromatic N) is 1. The largest absolute Gasteiger partial charge is 0.443 e. The second-order valence-corrected chi connectivity index (χ2v) is 7.63. The number of amides is 1. The van der Waals surface area contributed by atoms with E-state index in [1.165, 1.54) is 0 Å². The fraction of sp³-hybridized carbons (Fsp3) is 0.650. The summed E-state index contributed by atoms with van der Waals surface area (Å²) in [6, 6.07) is 10.3. The first-order valence-electron chi connectivity index (χ1n) is 8.72. The van der Waals surface area contributed by atoms with Gasteiger partial charge in [0.2, 0.25) is 0 Å². The zero-order chi connectivity index (χ0) is 17.6. The third-order valence-electron chi connectivity index (χ3n) is 4.12. The lowest BCUT2D eigenvalue weighted by atomic mass is 9.94. The third-order valence-corrected chi connectivity index (χ3v) is 4.12. The molecule has 3 heteroatoms. The fourth-order valence-electron chi connectivity index (χ4n) is 2.64. The maximum atomic E-state index is 12.9. The van der Waals surface area contributed by atoms with E-state index in [9.17, 15) is 4.79 Å². The number of rotatable bonds is 7. The van der Waals surface area contributed by atoms with E-state index in [0.29, 0.717) is 18.4 Å². The molecule has 1 unspecified atom stereocenters. The van der Waals surface area contributed by atoms with Crippen LogP contribution in [0.3, 0.4) is 0 Å². The molecule has 0 aromatic heterocycles. The average molecular weight is 319 g/mol. The van der Waals surface area contributed by atoms with Crippen molar-refractivity contribution in [2.75, 3.05) is 6.54 Å². The Kier molecular flexibility index (Phi) is 7.11. The van der Waals surface area contributed by atoms with Crippen molar-refractivity contribution >= 4 is 6.09 Å².